The lowest BCUT2D eigenvalue weighted by Gasteiger charge is -2.22. The van der Waals surface area contributed by atoms with E-state index in [1.165, 1.54) is 45.2 Å². The van der Waals surface area contributed by atoms with Crippen LogP contribution in [0.3, 0.4) is 0 Å². The van der Waals surface area contributed by atoms with Crippen molar-refractivity contribution in [3.8, 4) is 0 Å². The monoisotopic (exact) mass is 281 g/mol. The van der Waals surface area contributed by atoms with E-state index in [0.29, 0.717) is 24.4 Å². The van der Waals surface area contributed by atoms with Crippen LogP contribution in [0.25, 0.3) is 0 Å². The summed E-state index contributed by atoms with van der Waals surface area (Å²) >= 11 is 0. The third-order valence-corrected chi connectivity index (χ3v) is 4.72. The second kappa shape index (κ2) is 7.99. The van der Waals surface area contributed by atoms with Crippen molar-refractivity contribution in [1.29, 1.82) is 0 Å². The van der Waals surface area contributed by atoms with Gasteiger partial charge in [-0.05, 0) is 52.1 Å². The minimum Gasteiger partial charge on any atom is -0.342 e. The van der Waals surface area contributed by atoms with Crippen molar-refractivity contribution in [1.82, 2.24) is 15.1 Å². The molecule has 4 heteroatoms. The van der Waals surface area contributed by atoms with E-state index in [4.69, 9.17) is 0 Å². The molecule has 0 aromatic carbocycles. The lowest BCUT2D eigenvalue weighted by atomic mass is 10.1. The Kier molecular flexibility index (Phi) is 6.30. The first-order valence-corrected chi connectivity index (χ1v) is 8.39. The second-order valence-electron chi connectivity index (χ2n) is 6.67. The number of nitrogens with one attached hydrogen (secondary N) is 1. The Morgan fingerprint density at radius 3 is 2.45 bits per heavy atom. The van der Waals surface area contributed by atoms with E-state index in [0.717, 1.165) is 19.6 Å². The maximum atomic E-state index is 12.2. The van der Waals surface area contributed by atoms with Crippen molar-refractivity contribution in [2.75, 3.05) is 39.3 Å². The SMILES string of the molecule is CC(C)N1CCC(CNCC(=O)N2CCCCCC2)C1. The van der Waals surface area contributed by atoms with Gasteiger partial charge in [0.2, 0.25) is 5.91 Å². The Balaban J connectivity index is 1.62. The maximum Gasteiger partial charge on any atom is 0.236 e. The average molecular weight is 281 g/mol. The molecule has 0 radical (unpaired) electrons. The van der Waals surface area contributed by atoms with Crippen LogP contribution in [-0.4, -0.2) is 61.0 Å². The first kappa shape index (κ1) is 15.8. The standard InChI is InChI=1S/C16H31N3O/c1-14(2)19-10-7-15(13-19)11-17-12-16(20)18-8-5-3-4-6-9-18/h14-15,17H,3-13H2,1-2H3. The topological polar surface area (TPSA) is 35.6 Å². The molecule has 116 valence electrons. The van der Waals surface area contributed by atoms with Gasteiger partial charge in [-0.3, -0.25) is 4.79 Å². The van der Waals surface area contributed by atoms with Gasteiger partial charge in [-0.1, -0.05) is 12.8 Å². The third kappa shape index (κ3) is 4.74. The quantitative estimate of drug-likeness (QED) is 0.833. The van der Waals surface area contributed by atoms with Crippen molar-refractivity contribution < 1.29 is 4.79 Å². The Morgan fingerprint density at radius 1 is 1.15 bits per heavy atom. The second-order valence-corrected chi connectivity index (χ2v) is 6.67. The Morgan fingerprint density at radius 2 is 1.85 bits per heavy atom. The smallest absolute Gasteiger partial charge is 0.236 e. The summed E-state index contributed by atoms with van der Waals surface area (Å²) in [7, 11) is 0. The molecule has 1 atom stereocenters. The molecule has 1 amide bonds. The van der Waals surface area contributed by atoms with Crippen molar-refractivity contribution in [3.63, 3.8) is 0 Å². The predicted molar refractivity (Wildman–Crippen MR) is 82.7 cm³/mol. The lowest BCUT2D eigenvalue weighted by molar-refractivity contribution is -0.130. The fourth-order valence-corrected chi connectivity index (χ4v) is 3.31. The van der Waals surface area contributed by atoms with E-state index in [-0.39, 0.29) is 0 Å². The molecule has 4 nitrogen and oxygen atoms in total. The van der Waals surface area contributed by atoms with Gasteiger partial charge in [-0.15, -0.1) is 0 Å². The first-order chi connectivity index (χ1) is 9.66. The van der Waals surface area contributed by atoms with E-state index in [9.17, 15) is 4.79 Å². The molecule has 2 heterocycles. The first-order valence-electron chi connectivity index (χ1n) is 8.39. The molecule has 1 N–H and O–H groups in total. The molecular formula is C16H31N3O. The number of carbonyl (C=O) groups excluding carboxylic acids is 1. The zero-order valence-electron chi connectivity index (χ0n) is 13.2. The average Bonchev–Trinajstić information content (AvgIpc) is 2.73. The van der Waals surface area contributed by atoms with Crippen LogP contribution in [0.1, 0.15) is 46.0 Å². The highest BCUT2D eigenvalue weighted by Crippen LogP contribution is 2.17. The fraction of sp³-hybridized carbons (Fsp3) is 0.938. The van der Waals surface area contributed by atoms with Gasteiger partial charge >= 0.3 is 0 Å². The molecule has 0 aliphatic carbocycles. The number of hydrogen-bond donors (Lipinski definition) is 1. The molecule has 1 unspecified atom stereocenters. The molecule has 0 bridgehead atoms. The van der Waals surface area contributed by atoms with Crippen molar-refractivity contribution in [2.45, 2.75) is 52.0 Å². The van der Waals surface area contributed by atoms with E-state index in [2.05, 4.69) is 29.0 Å². The Hall–Kier alpha value is -0.610. The molecule has 20 heavy (non-hydrogen) atoms. The molecule has 0 saturated carbocycles. The summed E-state index contributed by atoms with van der Waals surface area (Å²) in [6.45, 7) is 10.4. The minimum absolute atomic E-state index is 0.297. The summed E-state index contributed by atoms with van der Waals surface area (Å²) in [5.74, 6) is 1.01. The van der Waals surface area contributed by atoms with Gasteiger partial charge < -0.3 is 15.1 Å². The highest BCUT2D eigenvalue weighted by molar-refractivity contribution is 5.78. The van der Waals surface area contributed by atoms with E-state index < -0.39 is 0 Å². The summed E-state index contributed by atoms with van der Waals surface area (Å²) in [6.07, 6.45) is 6.19. The molecule has 2 rings (SSSR count). The number of carbonyl (C=O) groups is 1. The molecule has 0 spiro atoms. The zero-order chi connectivity index (χ0) is 14.4. The molecule has 2 aliphatic heterocycles. The number of hydrogen-bond acceptors (Lipinski definition) is 3. The molecule has 2 saturated heterocycles. The number of likely N-dealkylation sites (tertiary alicyclic amines) is 2. The van der Waals surface area contributed by atoms with Gasteiger partial charge in [0, 0.05) is 25.7 Å². The highest BCUT2D eigenvalue weighted by atomic mass is 16.2. The lowest BCUT2D eigenvalue weighted by Crippen LogP contribution is -2.40. The summed E-state index contributed by atoms with van der Waals surface area (Å²) < 4.78 is 0. The molecule has 0 aromatic rings. The predicted octanol–water partition coefficient (Wildman–Crippen LogP) is 1.71. The molecule has 2 aliphatic rings. The van der Waals surface area contributed by atoms with Crippen LogP contribution in [0.5, 0.6) is 0 Å². The molecular weight excluding hydrogens is 250 g/mol. The van der Waals surface area contributed by atoms with Gasteiger partial charge in [0.25, 0.3) is 0 Å². The Bertz CT molecular complexity index is 298. The van der Waals surface area contributed by atoms with Crippen molar-refractivity contribution in [2.24, 2.45) is 5.92 Å². The molecule has 2 fully saturated rings. The van der Waals surface area contributed by atoms with E-state index in [1.54, 1.807) is 0 Å². The third-order valence-electron chi connectivity index (χ3n) is 4.72. The summed E-state index contributed by atoms with van der Waals surface area (Å²) in [4.78, 5) is 16.7. The van der Waals surface area contributed by atoms with Crippen LogP contribution in [0.4, 0.5) is 0 Å². The van der Waals surface area contributed by atoms with Gasteiger partial charge in [-0.25, -0.2) is 0 Å². The van der Waals surface area contributed by atoms with Crippen LogP contribution in [0, 0.1) is 5.92 Å². The van der Waals surface area contributed by atoms with Gasteiger partial charge in [0.15, 0.2) is 0 Å². The van der Waals surface area contributed by atoms with Gasteiger partial charge in [-0.2, -0.15) is 0 Å². The number of amides is 1. The summed E-state index contributed by atoms with van der Waals surface area (Å²) in [6, 6.07) is 0.652. The van der Waals surface area contributed by atoms with E-state index >= 15 is 0 Å². The normalized spacial score (nSPS) is 25.1. The van der Waals surface area contributed by atoms with Crippen LogP contribution in [0.15, 0.2) is 0 Å². The summed E-state index contributed by atoms with van der Waals surface area (Å²) in [5, 5.41) is 3.39. The van der Waals surface area contributed by atoms with Crippen LogP contribution in [0.2, 0.25) is 0 Å². The summed E-state index contributed by atoms with van der Waals surface area (Å²) in [5.41, 5.74) is 0. The largest absolute Gasteiger partial charge is 0.342 e. The van der Waals surface area contributed by atoms with Gasteiger partial charge in [0.1, 0.15) is 0 Å². The maximum absolute atomic E-state index is 12.2. The zero-order valence-corrected chi connectivity index (χ0v) is 13.2. The minimum atomic E-state index is 0.297. The fourth-order valence-electron chi connectivity index (χ4n) is 3.31. The van der Waals surface area contributed by atoms with Crippen molar-refractivity contribution in [3.05, 3.63) is 0 Å². The number of rotatable bonds is 5. The van der Waals surface area contributed by atoms with Crippen LogP contribution < -0.4 is 5.32 Å². The van der Waals surface area contributed by atoms with Crippen molar-refractivity contribution >= 4 is 5.91 Å². The van der Waals surface area contributed by atoms with E-state index in [1.807, 2.05) is 0 Å². The molecule has 0 aromatic heterocycles. The number of nitrogens with zero attached hydrogens (tertiary/aromatic N) is 2. The highest BCUT2D eigenvalue weighted by Gasteiger charge is 2.24. The van der Waals surface area contributed by atoms with Crippen LogP contribution in [-0.2, 0) is 4.79 Å². The Labute approximate surface area is 123 Å². The van der Waals surface area contributed by atoms with Crippen LogP contribution >= 0.6 is 0 Å². The van der Waals surface area contributed by atoms with Gasteiger partial charge in [0.05, 0.1) is 6.54 Å².